The maximum atomic E-state index is 11.9. The summed E-state index contributed by atoms with van der Waals surface area (Å²) in [6, 6.07) is 0. The lowest BCUT2D eigenvalue weighted by Crippen LogP contribution is -2.45. The van der Waals surface area contributed by atoms with Gasteiger partial charge in [0.25, 0.3) is 5.91 Å². The first-order chi connectivity index (χ1) is 8.33. The quantitative estimate of drug-likeness (QED) is 0.754. The Kier molecular flexibility index (Phi) is 4.95. The number of ether oxygens (including phenoxy) is 2. The average Bonchev–Trinajstić information content (AvgIpc) is 2.51. The Bertz CT molecular complexity index is 312. The summed E-state index contributed by atoms with van der Waals surface area (Å²) in [4.78, 5) is 25.0. The van der Waals surface area contributed by atoms with Crippen LogP contribution in [0.4, 0.5) is 4.79 Å². The number of likely N-dealkylation sites (N-methyl/N-ethyl adjacent to an activating group) is 1. The molecule has 2 amide bonds. The highest BCUT2D eigenvalue weighted by Gasteiger charge is 2.29. The van der Waals surface area contributed by atoms with Crippen LogP contribution in [0.2, 0.25) is 0 Å². The van der Waals surface area contributed by atoms with E-state index in [9.17, 15) is 9.59 Å². The molecule has 0 aromatic carbocycles. The lowest BCUT2D eigenvalue weighted by molar-refractivity contribution is -0.132. The highest BCUT2D eigenvalue weighted by atomic mass is 16.6. The van der Waals surface area contributed by atoms with E-state index >= 15 is 0 Å². The highest BCUT2D eigenvalue weighted by Crippen LogP contribution is 2.13. The molecule has 1 saturated heterocycles. The van der Waals surface area contributed by atoms with Gasteiger partial charge in [0.2, 0.25) is 0 Å². The molecule has 0 saturated carbocycles. The summed E-state index contributed by atoms with van der Waals surface area (Å²) in [6.45, 7) is 6.69. The van der Waals surface area contributed by atoms with Gasteiger partial charge in [-0.3, -0.25) is 4.79 Å². The van der Waals surface area contributed by atoms with Gasteiger partial charge in [-0.25, -0.2) is 4.79 Å². The van der Waals surface area contributed by atoms with Gasteiger partial charge in [-0.2, -0.15) is 0 Å². The molecule has 0 radical (unpaired) electrons. The fraction of sp³-hybridized carbons (Fsp3) is 0.833. The van der Waals surface area contributed by atoms with Gasteiger partial charge in [0.05, 0.1) is 6.54 Å². The summed E-state index contributed by atoms with van der Waals surface area (Å²) in [5, 5.41) is 2.53. The van der Waals surface area contributed by atoms with Crippen LogP contribution >= 0.6 is 0 Å². The molecule has 1 fully saturated rings. The Morgan fingerprint density at radius 3 is 2.61 bits per heavy atom. The van der Waals surface area contributed by atoms with Crippen molar-refractivity contribution in [1.29, 1.82) is 0 Å². The molecule has 1 N–H and O–H groups in total. The lowest BCUT2D eigenvalue weighted by Gasteiger charge is -2.27. The number of amides is 2. The van der Waals surface area contributed by atoms with Crippen molar-refractivity contribution in [3.8, 4) is 0 Å². The van der Waals surface area contributed by atoms with Crippen molar-refractivity contribution in [1.82, 2.24) is 10.2 Å². The third kappa shape index (κ3) is 4.52. The van der Waals surface area contributed by atoms with Crippen molar-refractivity contribution >= 4 is 12.0 Å². The monoisotopic (exact) mass is 258 g/mol. The number of carbonyl (C=O) groups is 2. The fourth-order valence-electron chi connectivity index (χ4n) is 1.64. The molecular formula is C12H22N2O4. The van der Waals surface area contributed by atoms with Crippen LogP contribution in [0, 0.1) is 0 Å². The van der Waals surface area contributed by atoms with Gasteiger partial charge in [-0.05, 0) is 27.2 Å². The van der Waals surface area contributed by atoms with Crippen LogP contribution in [0.5, 0.6) is 0 Å². The summed E-state index contributed by atoms with van der Waals surface area (Å²) in [5.41, 5.74) is -0.535. The van der Waals surface area contributed by atoms with Crippen molar-refractivity contribution in [2.24, 2.45) is 0 Å². The van der Waals surface area contributed by atoms with E-state index in [-0.39, 0.29) is 12.5 Å². The molecule has 0 aromatic rings. The smallest absolute Gasteiger partial charge is 0.410 e. The molecule has 104 valence electrons. The molecule has 18 heavy (non-hydrogen) atoms. The van der Waals surface area contributed by atoms with E-state index in [0.29, 0.717) is 19.6 Å². The predicted molar refractivity (Wildman–Crippen MR) is 66.2 cm³/mol. The van der Waals surface area contributed by atoms with E-state index in [2.05, 4.69) is 5.32 Å². The van der Waals surface area contributed by atoms with Crippen LogP contribution in [-0.4, -0.2) is 55.3 Å². The zero-order valence-electron chi connectivity index (χ0n) is 11.5. The molecule has 1 aliphatic heterocycles. The zero-order chi connectivity index (χ0) is 13.8. The van der Waals surface area contributed by atoms with Crippen LogP contribution in [0.25, 0.3) is 0 Å². The van der Waals surface area contributed by atoms with Gasteiger partial charge in [0.1, 0.15) is 5.60 Å². The number of nitrogens with one attached hydrogen (secondary N) is 1. The first kappa shape index (κ1) is 14.8. The molecule has 0 aromatic heterocycles. The van der Waals surface area contributed by atoms with Crippen molar-refractivity contribution in [3.05, 3.63) is 0 Å². The minimum atomic E-state index is -0.620. The first-order valence-corrected chi connectivity index (χ1v) is 6.14. The second-order valence-corrected chi connectivity index (χ2v) is 5.25. The van der Waals surface area contributed by atoms with Crippen molar-refractivity contribution in [2.45, 2.75) is 38.9 Å². The Morgan fingerprint density at radius 1 is 1.39 bits per heavy atom. The summed E-state index contributed by atoms with van der Waals surface area (Å²) in [5.74, 6) is -0.217. The van der Waals surface area contributed by atoms with E-state index < -0.39 is 17.8 Å². The Hall–Kier alpha value is -1.30. The maximum Gasteiger partial charge on any atom is 0.410 e. The first-order valence-electron chi connectivity index (χ1n) is 6.14. The van der Waals surface area contributed by atoms with Gasteiger partial charge in [0.15, 0.2) is 6.10 Å². The standard InChI is InChI=1S/C12H22N2O4/c1-12(2,3)18-11(16)14-6-5-7-17-9(8-14)10(15)13-4/h9H,5-8H2,1-4H3,(H,13,15). The molecule has 6 nitrogen and oxygen atoms in total. The van der Waals surface area contributed by atoms with E-state index in [1.807, 2.05) is 20.8 Å². The summed E-state index contributed by atoms with van der Waals surface area (Å²) < 4.78 is 10.7. The SMILES string of the molecule is CNC(=O)C1CN(C(=O)OC(C)(C)C)CCCO1. The summed E-state index contributed by atoms with van der Waals surface area (Å²) in [6.07, 6.45) is -0.320. The van der Waals surface area contributed by atoms with E-state index in [0.717, 1.165) is 0 Å². The summed E-state index contributed by atoms with van der Waals surface area (Å²) in [7, 11) is 1.55. The Labute approximate surface area is 108 Å². The molecule has 1 unspecified atom stereocenters. The van der Waals surface area contributed by atoms with Gasteiger partial charge < -0.3 is 19.7 Å². The third-order valence-corrected chi connectivity index (χ3v) is 2.47. The zero-order valence-corrected chi connectivity index (χ0v) is 11.5. The van der Waals surface area contributed by atoms with Crippen LogP contribution < -0.4 is 5.32 Å². The van der Waals surface area contributed by atoms with Gasteiger partial charge >= 0.3 is 6.09 Å². The number of nitrogens with zero attached hydrogens (tertiary/aromatic N) is 1. The molecule has 1 atom stereocenters. The summed E-state index contributed by atoms with van der Waals surface area (Å²) >= 11 is 0. The average molecular weight is 258 g/mol. The van der Waals surface area contributed by atoms with Crippen LogP contribution in [0.1, 0.15) is 27.2 Å². The minimum Gasteiger partial charge on any atom is -0.444 e. The fourth-order valence-corrected chi connectivity index (χ4v) is 1.64. The second-order valence-electron chi connectivity index (χ2n) is 5.25. The highest BCUT2D eigenvalue weighted by molar-refractivity contribution is 5.81. The Balaban J connectivity index is 2.64. The Morgan fingerprint density at radius 2 is 2.06 bits per heavy atom. The van der Waals surface area contributed by atoms with Crippen LogP contribution in [0.3, 0.4) is 0 Å². The predicted octanol–water partition coefficient (Wildman–Crippen LogP) is 0.758. The molecule has 0 spiro atoms. The number of rotatable bonds is 1. The van der Waals surface area contributed by atoms with Crippen molar-refractivity contribution in [2.75, 3.05) is 26.7 Å². The molecule has 1 heterocycles. The molecule has 0 bridgehead atoms. The molecular weight excluding hydrogens is 236 g/mol. The number of carbonyl (C=O) groups excluding carboxylic acids is 2. The third-order valence-electron chi connectivity index (χ3n) is 2.47. The van der Waals surface area contributed by atoms with Crippen LogP contribution in [-0.2, 0) is 14.3 Å². The lowest BCUT2D eigenvalue weighted by atomic mass is 10.2. The van der Waals surface area contributed by atoms with Gasteiger partial charge in [0, 0.05) is 20.2 Å². The minimum absolute atomic E-state index is 0.217. The van der Waals surface area contributed by atoms with Crippen LogP contribution in [0.15, 0.2) is 0 Å². The van der Waals surface area contributed by atoms with Crippen molar-refractivity contribution < 1.29 is 19.1 Å². The van der Waals surface area contributed by atoms with Crippen molar-refractivity contribution in [3.63, 3.8) is 0 Å². The van der Waals surface area contributed by atoms with Gasteiger partial charge in [-0.1, -0.05) is 0 Å². The molecule has 1 aliphatic rings. The number of hydrogen-bond acceptors (Lipinski definition) is 4. The molecule has 1 rings (SSSR count). The van der Waals surface area contributed by atoms with E-state index in [4.69, 9.17) is 9.47 Å². The van der Waals surface area contributed by atoms with E-state index in [1.54, 1.807) is 7.05 Å². The normalized spacial score (nSPS) is 21.1. The topological polar surface area (TPSA) is 67.9 Å². The maximum absolute atomic E-state index is 11.9. The van der Waals surface area contributed by atoms with Gasteiger partial charge in [-0.15, -0.1) is 0 Å². The second kappa shape index (κ2) is 6.04. The largest absolute Gasteiger partial charge is 0.444 e. The molecule has 0 aliphatic carbocycles. The molecule has 6 heteroatoms. The van der Waals surface area contributed by atoms with E-state index in [1.165, 1.54) is 4.90 Å². The number of hydrogen-bond donors (Lipinski definition) is 1.